The van der Waals surface area contributed by atoms with Crippen LogP contribution in [0.15, 0.2) is 69.2 Å². The fourth-order valence-corrected chi connectivity index (χ4v) is 4.21. The summed E-state index contributed by atoms with van der Waals surface area (Å²) in [7, 11) is 1.54. The van der Waals surface area contributed by atoms with E-state index < -0.39 is 17.1 Å². The van der Waals surface area contributed by atoms with Crippen LogP contribution in [0.1, 0.15) is 30.9 Å². The molecule has 0 bridgehead atoms. The Hall–Kier alpha value is -3.65. The zero-order valence-electron chi connectivity index (χ0n) is 18.8. The van der Waals surface area contributed by atoms with Crippen LogP contribution in [0.2, 0.25) is 0 Å². The van der Waals surface area contributed by atoms with Crippen molar-refractivity contribution in [3.8, 4) is 17.3 Å². The molecule has 0 aliphatic carbocycles. The normalized spacial score (nSPS) is 15.5. The van der Waals surface area contributed by atoms with Crippen LogP contribution in [0, 0.1) is 0 Å². The van der Waals surface area contributed by atoms with E-state index in [1.165, 1.54) is 5.56 Å². The fourth-order valence-electron chi connectivity index (χ4n) is 4.21. The second-order valence-corrected chi connectivity index (χ2v) is 8.20. The lowest BCUT2D eigenvalue weighted by Gasteiger charge is -2.30. The number of aromatic nitrogens is 2. The van der Waals surface area contributed by atoms with E-state index in [1.54, 1.807) is 38.3 Å². The molecule has 1 aliphatic heterocycles. The molecule has 0 amide bonds. The number of H-pyrrole nitrogens is 1. The molecule has 8 heteroatoms. The summed E-state index contributed by atoms with van der Waals surface area (Å²) < 4.78 is 6.21. The van der Waals surface area contributed by atoms with Crippen molar-refractivity contribution in [2.45, 2.75) is 32.4 Å². The number of aromatic hydroxyl groups is 1. The average Bonchev–Trinajstić information content (AvgIpc) is 2.81. The topological polar surface area (TPSA) is 99.9 Å². The molecule has 2 heterocycles. The quantitative estimate of drug-likeness (QED) is 0.565. The highest BCUT2D eigenvalue weighted by molar-refractivity contribution is 6.00. The van der Waals surface area contributed by atoms with E-state index in [4.69, 9.17) is 9.73 Å². The Bertz CT molecular complexity index is 1240. The van der Waals surface area contributed by atoms with Crippen LogP contribution >= 0.6 is 0 Å². The lowest BCUT2D eigenvalue weighted by atomic mass is 10.0. The number of hydrogen-bond acceptors (Lipinski definition) is 6. The zero-order chi connectivity index (χ0) is 23.4. The van der Waals surface area contributed by atoms with Crippen molar-refractivity contribution in [2.24, 2.45) is 4.99 Å². The first-order valence-corrected chi connectivity index (χ1v) is 11.0. The number of ether oxygens (including phenoxy) is 1. The summed E-state index contributed by atoms with van der Waals surface area (Å²) >= 11 is 0. The molecule has 8 nitrogen and oxygen atoms in total. The van der Waals surface area contributed by atoms with E-state index in [-0.39, 0.29) is 11.6 Å². The van der Waals surface area contributed by atoms with Gasteiger partial charge in [0.05, 0.1) is 24.6 Å². The highest BCUT2D eigenvalue weighted by Gasteiger charge is 2.22. The van der Waals surface area contributed by atoms with Crippen LogP contribution in [0.3, 0.4) is 0 Å². The molecule has 0 saturated carbocycles. The van der Waals surface area contributed by atoms with E-state index in [0.717, 1.165) is 37.0 Å². The molecule has 172 valence electrons. The van der Waals surface area contributed by atoms with Crippen molar-refractivity contribution in [3.05, 3.63) is 86.6 Å². The number of aromatic amines is 1. The van der Waals surface area contributed by atoms with Crippen LogP contribution < -0.4 is 16.0 Å². The molecule has 2 N–H and O–H groups in total. The lowest BCUT2D eigenvalue weighted by Crippen LogP contribution is -2.36. The lowest BCUT2D eigenvalue weighted by molar-refractivity contribution is 0.206. The third kappa shape index (κ3) is 5.06. The van der Waals surface area contributed by atoms with Gasteiger partial charge in [-0.15, -0.1) is 0 Å². The highest BCUT2D eigenvalue weighted by Crippen LogP contribution is 2.22. The maximum atomic E-state index is 12.5. The molecule has 0 atom stereocenters. The highest BCUT2D eigenvalue weighted by atomic mass is 16.5. The molecule has 0 radical (unpaired) electrons. The first-order chi connectivity index (χ1) is 16.0. The van der Waals surface area contributed by atoms with Gasteiger partial charge >= 0.3 is 5.69 Å². The van der Waals surface area contributed by atoms with Crippen LogP contribution in [0.5, 0.6) is 11.6 Å². The molecule has 1 fully saturated rings. The number of aliphatic imine (C=N–C) groups is 1. The van der Waals surface area contributed by atoms with Gasteiger partial charge in [-0.05, 0) is 49.6 Å². The molecule has 33 heavy (non-hydrogen) atoms. The molecule has 2 aromatic carbocycles. The third-order valence-electron chi connectivity index (χ3n) is 5.96. The molecule has 3 aromatic rings. The summed E-state index contributed by atoms with van der Waals surface area (Å²) in [6, 6.07) is 17.0. The maximum absolute atomic E-state index is 12.5. The molecular formula is C25H28N4O4. The Labute approximate surface area is 191 Å². The Morgan fingerprint density at radius 3 is 2.39 bits per heavy atom. The Balaban J connectivity index is 1.53. The Morgan fingerprint density at radius 1 is 1.09 bits per heavy atom. The van der Waals surface area contributed by atoms with E-state index in [9.17, 15) is 14.7 Å². The number of benzene rings is 2. The largest absolute Gasteiger partial charge is 0.497 e. The summed E-state index contributed by atoms with van der Waals surface area (Å²) in [5.41, 5.74) is 0.763. The zero-order valence-corrected chi connectivity index (χ0v) is 18.8. The van der Waals surface area contributed by atoms with Crippen molar-refractivity contribution in [3.63, 3.8) is 0 Å². The van der Waals surface area contributed by atoms with E-state index >= 15 is 0 Å². The monoisotopic (exact) mass is 448 g/mol. The smallest absolute Gasteiger partial charge is 0.335 e. The minimum atomic E-state index is -0.714. The number of rotatable bonds is 6. The van der Waals surface area contributed by atoms with Crippen molar-refractivity contribution >= 4 is 5.71 Å². The summed E-state index contributed by atoms with van der Waals surface area (Å²) in [6.45, 7) is 4.42. The summed E-state index contributed by atoms with van der Waals surface area (Å²) in [5, 5.41) is 10.9. The van der Waals surface area contributed by atoms with Gasteiger partial charge in [0.25, 0.3) is 5.56 Å². The number of likely N-dealkylation sites (tertiary alicyclic amines) is 1. The number of methoxy groups -OCH3 is 1. The Kier molecular flexibility index (Phi) is 6.74. The molecule has 1 aromatic heterocycles. The van der Waals surface area contributed by atoms with Crippen LogP contribution in [0.25, 0.3) is 5.69 Å². The second kappa shape index (κ2) is 9.87. The van der Waals surface area contributed by atoms with E-state index in [0.29, 0.717) is 17.1 Å². The number of nitrogens with zero attached hydrogens (tertiary/aromatic N) is 3. The van der Waals surface area contributed by atoms with Gasteiger partial charge in [-0.25, -0.2) is 9.36 Å². The van der Waals surface area contributed by atoms with Gasteiger partial charge in [-0.3, -0.25) is 19.7 Å². The van der Waals surface area contributed by atoms with Gasteiger partial charge in [0.1, 0.15) is 11.3 Å². The fraction of sp³-hybridized carbons (Fsp3) is 0.320. The van der Waals surface area contributed by atoms with Crippen LogP contribution in [-0.4, -0.2) is 51.5 Å². The maximum Gasteiger partial charge on any atom is 0.335 e. The van der Waals surface area contributed by atoms with Crippen LogP contribution in [-0.2, 0) is 6.54 Å². The van der Waals surface area contributed by atoms with Gasteiger partial charge < -0.3 is 9.84 Å². The molecule has 1 saturated heterocycles. The molecule has 0 unspecified atom stereocenters. The number of nitrogens with one attached hydrogen (secondary N) is 1. The summed E-state index contributed by atoms with van der Waals surface area (Å²) in [5.74, 6) is 0.198. The van der Waals surface area contributed by atoms with Crippen LogP contribution in [0.4, 0.5) is 0 Å². The molecular weight excluding hydrogens is 420 g/mol. The second-order valence-electron chi connectivity index (χ2n) is 8.20. The molecule has 1 aliphatic rings. The molecule has 0 spiro atoms. The van der Waals surface area contributed by atoms with Gasteiger partial charge in [0, 0.05) is 19.6 Å². The summed E-state index contributed by atoms with van der Waals surface area (Å²) in [4.78, 5) is 34.4. The standard InChI is InChI=1S/C25H28N4O4/c1-17(26-19-12-14-28(15-13-19)16-18-6-4-3-5-7-18)22-23(30)27-25(32)29(24(22)31)20-8-10-21(33-2)11-9-20/h3-11,19,31H,12-16H2,1-2H3,(H,27,30,32). The third-order valence-corrected chi connectivity index (χ3v) is 5.96. The average molecular weight is 449 g/mol. The van der Waals surface area contributed by atoms with Crippen molar-refractivity contribution in [2.75, 3.05) is 20.2 Å². The summed E-state index contributed by atoms with van der Waals surface area (Å²) in [6.07, 6.45) is 1.72. The minimum absolute atomic E-state index is 0.0112. The number of hydrogen-bond donors (Lipinski definition) is 2. The Morgan fingerprint density at radius 2 is 1.76 bits per heavy atom. The van der Waals surface area contributed by atoms with Gasteiger partial charge in [-0.2, -0.15) is 0 Å². The molecule has 4 rings (SSSR count). The van der Waals surface area contributed by atoms with Crippen molar-refractivity contribution in [1.82, 2.24) is 14.5 Å². The van der Waals surface area contributed by atoms with Crippen molar-refractivity contribution < 1.29 is 9.84 Å². The first kappa shape index (κ1) is 22.5. The van der Waals surface area contributed by atoms with Gasteiger partial charge in [0.15, 0.2) is 0 Å². The van der Waals surface area contributed by atoms with Gasteiger partial charge in [0.2, 0.25) is 5.88 Å². The SMILES string of the molecule is COc1ccc(-n2c(O)c(C(C)=NC3CCN(Cc4ccccc4)CC3)c(=O)[nH]c2=O)cc1. The number of piperidine rings is 1. The van der Waals surface area contributed by atoms with Gasteiger partial charge in [-0.1, -0.05) is 30.3 Å². The van der Waals surface area contributed by atoms with E-state index in [2.05, 4.69) is 22.0 Å². The minimum Gasteiger partial charge on any atom is -0.497 e. The predicted molar refractivity (Wildman–Crippen MR) is 128 cm³/mol. The first-order valence-electron chi connectivity index (χ1n) is 11.0. The predicted octanol–water partition coefficient (Wildman–Crippen LogP) is 2.71. The van der Waals surface area contributed by atoms with Crippen molar-refractivity contribution in [1.29, 1.82) is 0 Å². The van der Waals surface area contributed by atoms with E-state index in [1.807, 2.05) is 18.2 Å².